The van der Waals surface area contributed by atoms with Crippen molar-refractivity contribution < 1.29 is 14.4 Å². The largest absolute Gasteiger partial charge is 0.463 e. The normalized spacial score (nSPS) is 10.3. The van der Waals surface area contributed by atoms with Crippen LogP contribution in [0.2, 0.25) is 0 Å². The van der Waals surface area contributed by atoms with Gasteiger partial charge in [-0.3, -0.25) is 0 Å². The minimum Gasteiger partial charge on any atom is -0.463 e. The molecule has 1 rings (SSSR count). The lowest BCUT2D eigenvalue weighted by Gasteiger charge is -1.98. The van der Waals surface area contributed by atoms with Gasteiger partial charge in [-0.05, 0) is 30.7 Å². The van der Waals surface area contributed by atoms with Crippen molar-refractivity contribution in [2.45, 2.75) is 6.92 Å². The van der Waals surface area contributed by atoms with Crippen LogP contribution in [0.4, 0.5) is 0 Å². The van der Waals surface area contributed by atoms with Gasteiger partial charge in [0.05, 0.1) is 6.61 Å². The number of hydrogen-bond acceptors (Lipinski definition) is 4. The monoisotopic (exact) mass is 207 g/mol. The fourth-order valence-electron chi connectivity index (χ4n) is 1.01. The van der Waals surface area contributed by atoms with E-state index in [0.29, 0.717) is 12.4 Å². The summed E-state index contributed by atoms with van der Waals surface area (Å²) in [5.41, 5.74) is 0.879. The highest BCUT2D eigenvalue weighted by Crippen LogP contribution is 2.11. The minimum absolute atomic E-state index is 0.350. The van der Waals surface area contributed by atoms with Crippen LogP contribution < -0.4 is 10.7 Å². The molecule has 0 aliphatic carbocycles. The van der Waals surface area contributed by atoms with E-state index in [1.54, 1.807) is 37.3 Å². The molecule has 4 heteroatoms. The van der Waals surface area contributed by atoms with Gasteiger partial charge < -0.3 is 9.57 Å². The number of ether oxygens (including phenoxy) is 1. The predicted molar refractivity (Wildman–Crippen MR) is 56.9 cm³/mol. The zero-order valence-corrected chi connectivity index (χ0v) is 8.47. The Bertz CT molecular complexity index is 343. The van der Waals surface area contributed by atoms with Crippen LogP contribution in [0.1, 0.15) is 12.5 Å². The molecule has 2 N–H and O–H groups in total. The summed E-state index contributed by atoms with van der Waals surface area (Å²) < 4.78 is 4.74. The van der Waals surface area contributed by atoms with E-state index in [0.717, 1.165) is 5.56 Å². The number of esters is 1. The minimum atomic E-state index is -0.350. The second-order valence-corrected chi connectivity index (χ2v) is 2.77. The number of benzene rings is 1. The van der Waals surface area contributed by atoms with Crippen LogP contribution in [-0.2, 0) is 9.53 Å². The lowest BCUT2D eigenvalue weighted by molar-refractivity contribution is -0.137. The van der Waals surface area contributed by atoms with E-state index in [-0.39, 0.29) is 5.97 Å². The fraction of sp³-hybridized carbons (Fsp3) is 0.182. The summed E-state index contributed by atoms with van der Waals surface area (Å²) in [6.45, 7) is 2.14. The van der Waals surface area contributed by atoms with E-state index in [2.05, 4.69) is 4.84 Å². The summed E-state index contributed by atoms with van der Waals surface area (Å²) in [7, 11) is 0. The lowest BCUT2D eigenvalue weighted by Crippen LogP contribution is -2.01. The Morgan fingerprint density at radius 3 is 2.60 bits per heavy atom. The third kappa shape index (κ3) is 3.83. The van der Waals surface area contributed by atoms with Crippen LogP contribution >= 0.6 is 0 Å². The SMILES string of the molecule is CCOC(=O)/C=C/c1ccc(ON)cc1. The van der Waals surface area contributed by atoms with Gasteiger partial charge in [0.15, 0.2) is 0 Å². The maximum atomic E-state index is 11.0. The van der Waals surface area contributed by atoms with E-state index in [1.165, 1.54) is 6.08 Å². The Morgan fingerprint density at radius 1 is 1.40 bits per heavy atom. The molecule has 0 heterocycles. The standard InChI is InChI=1S/C11H13NO3/c1-2-14-11(13)8-5-9-3-6-10(15-12)7-4-9/h3-8H,2,12H2,1H3/b8-5+. The Hall–Kier alpha value is -1.81. The molecule has 0 saturated heterocycles. The zero-order valence-electron chi connectivity index (χ0n) is 8.47. The summed E-state index contributed by atoms with van der Waals surface area (Å²) in [4.78, 5) is 15.5. The molecule has 0 aliphatic rings. The summed E-state index contributed by atoms with van der Waals surface area (Å²) in [6.07, 6.45) is 3.04. The van der Waals surface area contributed by atoms with E-state index in [9.17, 15) is 4.79 Å². The molecule has 0 spiro atoms. The van der Waals surface area contributed by atoms with Crippen LogP contribution in [-0.4, -0.2) is 12.6 Å². The highest BCUT2D eigenvalue weighted by molar-refractivity contribution is 5.87. The molecule has 4 nitrogen and oxygen atoms in total. The third-order valence-electron chi connectivity index (χ3n) is 1.71. The van der Waals surface area contributed by atoms with Gasteiger partial charge in [-0.25, -0.2) is 4.79 Å². The highest BCUT2D eigenvalue weighted by Gasteiger charge is 1.94. The number of carbonyl (C=O) groups is 1. The highest BCUT2D eigenvalue weighted by atomic mass is 16.6. The van der Waals surface area contributed by atoms with Gasteiger partial charge >= 0.3 is 5.97 Å². The number of rotatable bonds is 4. The van der Waals surface area contributed by atoms with Crippen molar-refractivity contribution in [1.82, 2.24) is 0 Å². The van der Waals surface area contributed by atoms with E-state index >= 15 is 0 Å². The predicted octanol–water partition coefficient (Wildman–Crippen LogP) is 1.52. The molecule has 0 amide bonds. The van der Waals surface area contributed by atoms with Crippen LogP contribution in [0.25, 0.3) is 6.08 Å². The average molecular weight is 207 g/mol. The smallest absolute Gasteiger partial charge is 0.330 e. The summed E-state index contributed by atoms with van der Waals surface area (Å²) >= 11 is 0. The van der Waals surface area contributed by atoms with E-state index < -0.39 is 0 Å². The van der Waals surface area contributed by atoms with Gasteiger partial charge in [0.2, 0.25) is 0 Å². The Labute approximate surface area is 88.2 Å². The molecule has 15 heavy (non-hydrogen) atoms. The first kappa shape index (κ1) is 11.3. The topological polar surface area (TPSA) is 61.5 Å². The molecular formula is C11H13NO3. The van der Waals surface area contributed by atoms with Crippen molar-refractivity contribution in [3.05, 3.63) is 35.9 Å². The maximum Gasteiger partial charge on any atom is 0.330 e. The lowest BCUT2D eigenvalue weighted by atomic mass is 10.2. The van der Waals surface area contributed by atoms with Gasteiger partial charge in [-0.15, -0.1) is 0 Å². The first-order valence-corrected chi connectivity index (χ1v) is 4.58. The Balaban J connectivity index is 2.60. The second-order valence-electron chi connectivity index (χ2n) is 2.77. The van der Waals surface area contributed by atoms with Gasteiger partial charge in [-0.2, -0.15) is 5.90 Å². The van der Waals surface area contributed by atoms with Gasteiger partial charge in [0.25, 0.3) is 0 Å². The molecule has 1 aromatic rings. The number of hydrogen-bond donors (Lipinski definition) is 1. The molecule has 0 aliphatic heterocycles. The van der Waals surface area contributed by atoms with E-state index in [1.807, 2.05) is 0 Å². The third-order valence-corrected chi connectivity index (χ3v) is 1.71. The van der Waals surface area contributed by atoms with Crippen molar-refractivity contribution in [2.75, 3.05) is 6.61 Å². The van der Waals surface area contributed by atoms with E-state index in [4.69, 9.17) is 10.6 Å². The summed E-state index contributed by atoms with van der Waals surface area (Å²) in [5, 5.41) is 0. The molecule has 0 saturated carbocycles. The summed E-state index contributed by atoms with van der Waals surface area (Å²) in [6, 6.07) is 7.01. The van der Waals surface area contributed by atoms with Crippen LogP contribution in [0.3, 0.4) is 0 Å². The van der Waals surface area contributed by atoms with Crippen molar-refractivity contribution >= 4 is 12.0 Å². The first-order chi connectivity index (χ1) is 7.26. The quantitative estimate of drug-likeness (QED) is 0.462. The maximum absolute atomic E-state index is 11.0. The molecule has 0 fully saturated rings. The van der Waals surface area contributed by atoms with Gasteiger partial charge in [-0.1, -0.05) is 12.1 Å². The van der Waals surface area contributed by atoms with Crippen molar-refractivity contribution in [3.63, 3.8) is 0 Å². The van der Waals surface area contributed by atoms with Crippen LogP contribution in [0.15, 0.2) is 30.3 Å². The first-order valence-electron chi connectivity index (χ1n) is 4.58. The zero-order chi connectivity index (χ0) is 11.1. The van der Waals surface area contributed by atoms with Crippen LogP contribution in [0, 0.1) is 0 Å². The molecule has 0 atom stereocenters. The number of carbonyl (C=O) groups excluding carboxylic acids is 1. The fourth-order valence-corrected chi connectivity index (χ4v) is 1.01. The summed E-state index contributed by atoms with van der Waals surface area (Å²) in [5.74, 6) is 5.19. The Morgan fingerprint density at radius 2 is 2.07 bits per heavy atom. The van der Waals surface area contributed by atoms with Crippen molar-refractivity contribution in [1.29, 1.82) is 0 Å². The molecule has 80 valence electrons. The molecule has 0 bridgehead atoms. The number of nitrogens with two attached hydrogens (primary N) is 1. The molecule has 0 radical (unpaired) electrons. The van der Waals surface area contributed by atoms with Crippen molar-refractivity contribution in [3.8, 4) is 5.75 Å². The van der Waals surface area contributed by atoms with Crippen LogP contribution in [0.5, 0.6) is 5.75 Å². The van der Waals surface area contributed by atoms with Gasteiger partial charge in [0, 0.05) is 6.08 Å². The average Bonchev–Trinajstić information content (AvgIpc) is 2.27. The van der Waals surface area contributed by atoms with Gasteiger partial charge in [0.1, 0.15) is 5.75 Å². The molecule has 0 aromatic heterocycles. The molecule has 1 aromatic carbocycles. The van der Waals surface area contributed by atoms with Crippen molar-refractivity contribution in [2.24, 2.45) is 5.90 Å². The molecular weight excluding hydrogens is 194 g/mol. The second kappa shape index (κ2) is 5.82. The Kier molecular flexibility index (Phi) is 4.37. The molecule has 0 unspecified atom stereocenters.